The molecular formula is C17H17NO5. The number of ether oxygens (including phenoxy) is 2. The van der Waals surface area contributed by atoms with Crippen molar-refractivity contribution in [2.24, 2.45) is 11.8 Å². The maximum absolute atomic E-state index is 12.6. The van der Waals surface area contributed by atoms with E-state index in [0.29, 0.717) is 12.8 Å². The van der Waals surface area contributed by atoms with Gasteiger partial charge in [0.25, 0.3) is 0 Å². The van der Waals surface area contributed by atoms with Crippen molar-refractivity contribution in [1.82, 2.24) is 4.90 Å². The van der Waals surface area contributed by atoms with Crippen LogP contribution in [0.5, 0.6) is 0 Å². The number of benzene rings is 1. The van der Waals surface area contributed by atoms with Crippen molar-refractivity contribution >= 4 is 17.8 Å². The van der Waals surface area contributed by atoms with Gasteiger partial charge in [-0.15, -0.1) is 0 Å². The molecule has 120 valence electrons. The summed E-state index contributed by atoms with van der Waals surface area (Å²) < 4.78 is 10.1. The Bertz CT molecular complexity index is 687. The lowest BCUT2D eigenvalue weighted by Crippen LogP contribution is -2.47. The minimum absolute atomic E-state index is 0.0577. The Kier molecular flexibility index (Phi) is 2.98. The van der Waals surface area contributed by atoms with Crippen molar-refractivity contribution in [3.8, 4) is 0 Å². The lowest BCUT2D eigenvalue weighted by atomic mass is 10.00. The molecule has 1 aromatic rings. The third kappa shape index (κ3) is 1.72. The van der Waals surface area contributed by atoms with Crippen LogP contribution in [-0.2, 0) is 19.1 Å². The molecular weight excluding hydrogens is 298 g/mol. The summed E-state index contributed by atoms with van der Waals surface area (Å²) >= 11 is 0. The fourth-order valence-electron chi connectivity index (χ4n) is 4.38. The van der Waals surface area contributed by atoms with Crippen LogP contribution in [0.1, 0.15) is 24.4 Å². The largest absolute Gasteiger partial charge is 0.469 e. The van der Waals surface area contributed by atoms with Crippen LogP contribution in [0.25, 0.3) is 0 Å². The molecule has 2 aliphatic carbocycles. The number of ketones is 1. The maximum Gasteiger partial charge on any atom is 0.411 e. The first-order chi connectivity index (χ1) is 11.1. The molecule has 1 heterocycles. The summed E-state index contributed by atoms with van der Waals surface area (Å²) in [5.74, 6) is -1.20. The van der Waals surface area contributed by atoms with Crippen LogP contribution in [0, 0.1) is 11.8 Å². The predicted molar refractivity (Wildman–Crippen MR) is 78.3 cm³/mol. The monoisotopic (exact) mass is 315 g/mol. The van der Waals surface area contributed by atoms with Gasteiger partial charge >= 0.3 is 12.1 Å². The van der Waals surface area contributed by atoms with Crippen LogP contribution in [0.4, 0.5) is 4.79 Å². The molecule has 1 aromatic carbocycles. The molecule has 0 N–H and O–H groups in total. The van der Waals surface area contributed by atoms with E-state index in [4.69, 9.17) is 9.47 Å². The van der Waals surface area contributed by atoms with Gasteiger partial charge in [-0.1, -0.05) is 30.3 Å². The van der Waals surface area contributed by atoms with Crippen LogP contribution in [0.15, 0.2) is 30.3 Å². The van der Waals surface area contributed by atoms with Crippen LogP contribution >= 0.6 is 0 Å². The molecule has 1 aliphatic heterocycles. The number of carbonyl (C=O) groups excluding carboxylic acids is 3. The second-order valence-corrected chi connectivity index (χ2v) is 6.27. The van der Waals surface area contributed by atoms with Gasteiger partial charge in [0, 0.05) is 12.3 Å². The second-order valence-electron chi connectivity index (χ2n) is 6.27. The molecule has 6 heteroatoms. The van der Waals surface area contributed by atoms with Gasteiger partial charge in [0.1, 0.15) is 12.1 Å². The molecule has 3 aliphatic rings. The first-order valence-electron chi connectivity index (χ1n) is 7.74. The molecule has 0 bridgehead atoms. The standard InChI is InChI=1S/C17H17NO5/c1-22-15(20)14-11-7-8-13(19)17(11,14)18-12(9-23-16(18)21)10-5-3-2-4-6-10/h2-6,11-12,14H,7-9H2,1H3/t11-,12+,14+,17-/m1/s1. The number of fused-ring (bicyclic) bond motifs is 1. The van der Waals surface area contributed by atoms with Crippen LogP contribution in [-0.4, -0.2) is 42.0 Å². The summed E-state index contributed by atoms with van der Waals surface area (Å²) in [6, 6.07) is 9.12. The zero-order valence-corrected chi connectivity index (χ0v) is 12.7. The lowest BCUT2D eigenvalue weighted by Gasteiger charge is -2.29. The molecule has 2 saturated carbocycles. The summed E-state index contributed by atoms with van der Waals surface area (Å²) in [4.78, 5) is 38.6. The molecule has 4 rings (SSSR count). The number of rotatable bonds is 3. The molecule has 6 nitrogen and oxygen atoms in total. The van der Waals surface area contributed by atoms with Gasteiger partial charge in [0.15, 0.2) is 5.78 Å². The molecule has 23 heavy (non-hydrogen) atoms. The van der Waals surface area contributed by atoms with Crippen molar-refractivity contribution in [1.29, 1.82) is 0 Å². The number of cyclic esters (lactones) is 1. The molecule has 0 unspecified atom stereocenters. The quantitative estimate of drug-likeness (QED) is 0.794. The molecule has 1 amide bonds. The fraction of sp³-hybridized carbons (Fsp3) is 0.471. The normalized spacial score (nSPS) is 35.0. The Morgan fingerprint density at radius 3 is 2.74 bits per heavy atom. The van der Waals surface area contributed by atoms with Gasteiger partial charge in [-0.05, 0) is 12.0 Å². The summed E-state index contributed by atoms with van der Waals surface area (Å²) in [6.45, 7) is 0.193. The number of Topliss-reactive ketones (excluding diaryl/α,β-unsaturated/α-hetero) is 1. The molecule has 1 saturated heterocycles. The van der Waals surface area contributed by atoms with Gasteiger partial charge in [0.05, 0.1) is 19.1 Å². The number of nitrogens with zero attached hydrogens (tertiary/aromatic N) is 1. The van der Waals surface area contributed by atoms with Gasteiger partial charge in [-0.25, -0.2) is 4.79 Å². The smallest absolute Gasteiger partial charge is 0.411 e. The van der Waals surface area contributed by atoms with E-state index in [1.165, 1.54) is 12.0 Å². The third-order valence-corrected chi connectivity index (χ3v) is 5.37. The lowest BCUT2D eigenvalue weighted by molar-refractivity contribution is -0.145. The number of esters is 1. The van der Waals surface area contributed by atoms with Crippen molar-refractivity contribution in [3.63, 3.8) is 0 Å². The number of carbonyl (C=O) groups is 3. The highest BCUT2D eigenvalue weighted by atomic mass is 16.6. The Labute approximate surface area is 133 Å². The van der Waals surface area contributed by atoms with Crippen molar-refractivity contribution in [3.05, 3.63) is 35.9 Å². The van der Waals surface area contributed by atoms with E-state index in [1.54, 1.807) is 0 Å². The van der Waals surface area contributed by atoms with E-state index in [9.17, 15) is 14.4 Å². The second kappa shape index (κ2) is 4.81. The van der Waals surface area contributed by atoms with Gasteiger partial charge in [-0.2, -0.15) is 0 Å². The van der Waals surface area contributed by atoms with Gasteiger partial charge < -0.3 is 9.47 Å². The summed E-state index contributed by atoms with van der Waals surface area (Å²) in [6.07, 6.45) is 0.485. The van der Waals surface area contributed by atoms with Crippen molar-refractivity contribution < 1.29 is 23.9 Å². The molecule has 0 aromatic heterocycles. The van der Waals surface area contributed by atoms with Crippen LogP contribution in [0.2, 0.25) is 0 Å². The van der Waals surface area contributed by atoms with E-state index in [2.05, 4.69) is 0 Å². The van der Waals surface area contributed by atoms with Crippen molar-refractivity contribution in [2.75, 3.05) is 13.7 Å². The first kappa shape index (κ1) is 14.2. The number of amides is 1. The molecule has 0 spiro atoms. The Morgan fingerprint density at radius 2 is 2.04 bits per heavy atom. The predicted octanol–water partition coefficient (Wildman–Crippen LogP) is 1.70. The van der Waals surface area contributed by atoms with E-state index in [1.807, 2.05) is 30.3 Å². The zero-order valence-electron chi connectivity index (χ0n) is 12.7. The fourth-order valence-corrected chi connectivity index (χ4v) is 4.38. The highest BCUT2D eigenvalue weighted by molar-refractivity contribution is 6.05. The zero-order chi connectivity index (χ0) is 16.2. The topological polar surface area (TPSA) is 72.9 Å². The highest BCUT2D eigenvalue weighted by Crippen LogP contribution is 2.65. The Morgan fingerprint density at radius 1 is 1.30 bits per heavy atom. The average molecular weight is 315 g/mol. The minimum Gasteiger partial charge on any atom is -0.469 e. The number of hydrogen-bond acceptors (Lipinski definition) is 5. The van der Waals surface area contributed by atoms with Gasteiger partial charge in [-0.3, -0.25) is 14.5 Å². The van der Waals surface area contributed by atoms with Crippen molar-refractivity contribution in [2.45, 2.75) is 24.4 Å². The molecule has 0 radical (unpaired) electrons. The highest BCUT2D eigenvalue weighted by Gasteiger charge is 2.80. The first-order valence-corrected chi connectivity index (χ1v) is 7.74. The van der Waals surface area contributed by atoms with Crippen LogP contribution in [0.3, 0.4) is 0 Å². The van der Waals surface area contributed by atoms with E-state index in [-0.39, 0.29) is 24.3 Å². The molecule has 3 fully saturated rings. The Hall–Kier alpha value is -2.37. The number of methoxy groups -OCH3 is 1. The summed E-state index contributed by atoms with van der Waals surface area (Å²) in [5, 5.41) is 0. The summed E-state index contributed by atoms with van der Waals surface area (Å²) in [5.41, 5.74) is -0.164. The molecule has 4 atom stereocenters. The minimum atomic E-state index is -1.07. The average Bonchev–Trinajstić information content (AvgIpc) is 2.89. The van der Waals surface area contributed by atoms with Crippen LogP contribution < -0.4 is 0 Å². The van der Waals surface area contributed by atoms with E-state index < -0.39 is 23.5 Å². The van der Waals surface area contributed by atoms with Gasteiger partial charge in [0.2, 0.25) is 0 Å². The third-order valence-electron chi connectivity index (χ3n) is 5.37. The maximum atomic E-state index is 12.6. The Balaban J connectivity index is 1.76. The van der Waals surface area contributed by atoms with E-state index >= 15 is 0 Å². The number of hydrogen-bond donors (Lipinski definition) is 0. The SMILES string of the molecule is COC(=O)[C@@H]1[C@H]2CCC(=O)[C@]21N1C(=O)OC[C@H]1c1ccccc1. The summed E-state index contributed by atoms with van der Waals surface area (Å²) in [7, 11) is 1.31. The van der Waals surface area contributed by atoms with E-state index in [0.717, 1.165) is 5.56 Å².